The lowest BCUT2D eigenvalue weighted by Gasteiger charge is -2.06. The SMILES string of the molecule is COc1ccc(-c2nc(C(=O)OCC(=O)Nc3ccc(Cl)cc3[N+](=O)[O-])cs2)cc1. The maximum atomic E-state index is 12.2. The zero-order valence-corrected chi connectivity index (χ0v) is 17.0. The van der Waals surface area contributed by atoms with Crippen LogP contribution in [0.4, 0.5) is 11.4 Å². The number of esters is 1. The molecule has 1 aromatic heterocycles. The molecule has 0 saturated heterocycles. The molecule has 0 radical (unpaired) electrons. The Kier molecular flexibility index (Phi) is 6.60. The van der Waals surface area contributed by atoms with Crippen molar-refractivity contribution in [3.05, 3.63) is 68.7 Å². The fraction of sp³-hybridized carbons (Fsp3) is 0.105. The summed E-state index contributed by atoms with van der Waals surface area (Å²) in [5, 5.41) is 15.7. The van der Waals surface area contributed by atoms with Crippen LogP contribution in [0.5, 0.6) is 5.75 Å². The smallest absolute Gasteiger partial charge is 0.358 e. The summed E-state index contributed by atoms with van der Waals surface area (Å²) < 4.78 is 10.0. The predicted octanol–water partition coefficient (Wildman–Crippen LogP) is 4.18. The number of carbonyl (C=O) groups excluding carboxylic acids is 2. The number of nitrogens with zero attached hydrogens (tertiary/aromatic N) is 2. The molecule has 11 heteroatoms. The van der Waals surface area contributed by atoms with E-state index in [-0.39, 0.29) is 22.1 Å². The number of halogens is 1. The van der Waals surface area contributed by atoms with E-state index in [4.69, 9.17) is 21.1 Å². The summed E-state index contributed by atoms with van der Waals surface area (Å²) in [6.07, 6.45) is 0. The highest BCUT2D eigenvalue weighted by molar-refractivity contribution is 7.13. The van der Waals surface area contributed by atoms with E-state index >= 15 is 0 Å². The van der Waals surface area contributed by atoms with E-state index in [0.717, 1.165) is 11.6 Å². The molecule has 2 aromatic carbocycles. The molecule has 30 heavy (non-hydrogen) atoms. The Labute approximate surface area is 179 Å². The molecule has 0 atom stereocenters. The topological polar surface area (TPSA) is 121 Å². The van der Waals surface area contributed by atoms with E-state index in [1.165, 1.54) is 28.8 Å². The lowest BCUT2D eigenvalue weighted by Crippen LogP contribution is -2.21. The fourth-order valence-electron chi connectivity index (χ4n) is 2.39. The van der Waals surface area contributed by atoms with Crippen molar-refractivity contribution in [3.63, 3.8) is 0 Å². The van der Waals surface area contributed by atoms with Gasteiger partial charge < -0.3 is 14.8 Å². The Morgan fingerprint density at radius 2 is 1.97 bits per heavy atom. The lowest BCUT2D eigenvalue weighted by molar-refractivity contribution is -0.383. The highest BCUT2D eigenvalue weighted by Crippen LogP contribution is 2.28. The average Bonchev–Trinajstić information content (AvgIpc) is 3.23. The van der Waals surface area contributed by atoms with Gasteiger partial charge in [-0.2, -0.15) is 0 Å². The summed E-state index contributed by atoms with van der Waals surface area (Å²) in [6, 6.07) is 11.0. The summed E-state index contributed by atoms with van der Waals surface area (Å²) in [4.78, 5) is 38.8. The highest BCUT2D eigenvalue weighted by atomic mass is 35.5. The molecule has 1 heterocycles. The van der Waals surface area contributed by atoms with Gasteiger partial charge in [-0.1, -0.05) is 11.6 Å². The Hall–Kier alpha value is -3.50. The summed E-state index contributed by atoms with van der Waals surface area (Å²) >= 11 is 6.98. The molecule has 154 valence electrons. The van der Waals surface area contributed by atoms with Gasteiger partial charge in [-0.3, -0.25) is 14.9 Å². The number of thiazole rings is 1. The van der Waals surface area contributed by atoms with Crippen LogP contribution in [0, 0.1) is 10.1 Å². The summed E-state index contributed by atoms with van der Waals surface area (Å²) in [7, 11) is 1.56. The highest BCUT2D eigenvalue weighted by Gasteiger charge is 2.19. The van der Waals surface area contributed by atoms with Crippen LogP contribution in [0.1, 0.15) is 10.5 Å². The molecule has 1 N–H and O–H groups in total. The second-order valence-electron chi connectivity index (χ2n) is 5.81. The van der Waals surface area contributed by atoms with Crippen LogP contribution >= 0.6 is 22.9 Å². The number of methoxy groups -OCH3 is 1. The van der Waals surface area contributed by atoms with Gasteiger partial charge in [0.25, 0.3) is 11.6 Å². The molecule has 0 aliphatic carbocycles. The van der Waals surface area contributed by atoms with Crippen LogP contribution in [0.15, 0.2) is 47.8 Å². The van der Waals surface area contributed by atoms with E-state index in [1.807, 2.05) is 0 Å². The molecule has 1 amide bonds. The summed E-state index contributed by atoms with van der Waals surface area (Å²) in [6.45, 7) is -0.631. The number of benzene rings is 2. The summed E-state index contributed by atoms with van der Waals surface area (Å²) in [5.74, 6) is -0.826. The van der Waals surface area contributed by atoms with Gasteiger partial charge in [0, 0.05) is 22.0 Å². The first-order chi connectivity index (χ1) is 14.4. The third-order valence-corrected chi connectivity index (χ3v) is 4.94. The molecule has 0 aliphatic rings. The van der Waals surface area contributed by atoms with Crippen LogP contribution in [0.2, 0.25) is 5.02 Å². The van der Waals surface area contributed by atoms with Gasteiger partial charge in [0.05, 0.1) is 12.0 Å². The largest absolute Gasteiger partial charge is 0.497 e. The monoisotopic (exact) mass is 447 g/mol. The Morgan fingerprint density at radius 3 is 2.63 bits per heavy atom. The van der Waals surface area contributed by atoms with Crippen molar-refractivity contribution < 1.29 is 24.0 Å². The van der Waals surface area contributed by atoms with Gasteiger partial charge in [0.15, 0.2) is 12.3 Å². The lowest BCUT2D eigenvalue weighted by atomic mass is 10.2. The van der Waals surface area contributed by atoms with Crippen LogP contribution in [0.25, 0.3) is 10.6 Å². The minimum atomic E-state index is -0.785. The number of aromatic nitrogens is 1. The number of nitro benzene ring substituents is 1. The van der Waals surface area contributed by atoms with Crippen molar-refractivity contribution in [1.82, 2.24) is 4.98 Å². The zero-order valence-electron chi connectivity index (χ0n) is 15.5. The Morgan fingerprint density at radius 1 is 1.23 bits per heavy atom. The zero-order chi connectivity index (χ0) is 21.7. The molecule has 0 bridgehead atoms. The predicted molar refractivity (Wildman–Crippen MR) is 111 cm³/mol. The number of nitrogens with one attached hydrogen (secondary N) is 1. The van der Waals surface area contributed by atoms with Crippen molar-refractivity contribution in [1.29, 1.82) is 0 Å². The maximum Gasteiger partial charge on any atom is 0.358 e. The van der Waals surface area contributed by atoms with Crippen LogP contribution in [0.3, 0.4) is 0 Å². The van der Waals surface area contributed by atoms with Crippen molar-refractivity contribution in [2.45, 2.75) is 0 Å². The van der Waals surface area contributed by atoms with E-state index in [2.05, 4.69) is 10.3 Å². The van der Waals surface area contributed by atoms with Crippen LogP contribution in [-0.4, -0.2) is 35.5 Å². The van der Waals surface area contributed by atoms with Gasteiger partial charge in [0.2, 0.25) is 0 Å². The number of anilines is 1. The number of carbonyl (C=O) groups is 2. The molecular formula is C19H14ClN3O6S. The molecular weight excluding hydrogens is 434 g/mol. The normalized spacial score (nSPS) is 10.3. The van der Waals surface area contributed by atoms with E-state index in [1.54, 1.807) is 31.4 Å². The van der Waals surface area contributed by atoms with E-state index < -0.39 is 23.4 Å². The minimum absolute atomic E-state index is 0.0519. The minimum Gasteiger partial charge on any atom is -0.497 e. The van der Waals surface area contributed by atoms with Gasteiger partial charge >= 0.3 is 5.97 Å². The number of hydrogen-bond acceptors (Lipinski definition) is 8. The van der Waals surface area contributed by atoms with Gasteiger partial charge in [-0.25, -0.2) is 9.78 Å². The quantitative estimate of drug-likeness (QED) is 0.327. The summed E-state index contributed by atoms with van der Waals surface area (Å²) in [5.41, 5.74) is 0.426. The first-order valence-electron chi connectivity index (χ1n) is 8.38. The third kappa shape index (κ3) is 5.10. The van der Waals surface area contributed by atoms with Gasteiger partial charge in [-0.15, -0.1) is 11.3 Å². The van der Waals surface area contributed by atoms with Gasteiger partial charge in [0.1, 0.15) is 16.4 Å². The molecule has 9 nitrogen and oxygen atoms in total. The first-order valence-corrected chi connectivity index (χ1v) is 9.64. The van der Waals surface area contributed by atoms with Crippen molar-refractivity contribution in [3.8, 4) is 16.3 Å². The number of ether oxygens (including phenoxy) is 2. The molecule has 0 aliphatic heterocycles. The number of rotatable bonds is 7. The first kappa shape index (κ1) is 21.2. The molecule has 0 saturated carbocycles. The average molecular weight is 448 g/mol. The maximum absolute atomic E-state index is 12.2. The number of nitro groups is 1. The molecule has 0 unspecified atom stereocenters. The Bertz CT molecular complexity index is 1100. The van der Waals surface area contributed by atoms with Crippen LogP contribution < -0.4 is 10.1 Å². The molecule has 0 fully saturated rings. The fourth-order valence-corrected chi connectivity index (χ4v) is 3.35. The van der Waals surface area contributed by atoms with Crippen molar-refractivity contribution in [2.24, 2.45) is 0 Å². The third-order valence-electron chi connectivity index (χ3n) is 3.82. The van der Waals surface area contributed by atoms with Crippen molar-refractivity contribution >= 4 is 46.2 Å². The number of hydrogen-bond donors (Lipinski definition) is 1. The standard InChI is InChI=1S/C19H14ClN3O6S/c1-28-13-5-2-11(3-6-13)18-22-15(10-30-18)19(25)29-9-17(24)21-14-7-4-12(20)8-16(14)23(26)27/h2-8,10H,9H2,1H3,(H,21,24). The molecule has 0 spiro atoms. The van der Waals surface area contributed by atoms with Gasteiger partial charge in [-0.05, 0) is 36.4 Å². The second kappa shape index (κ2) is 9.33. The number of amides is 1. The van der Waals surface area contributed by atoms with Crippen molar-refractivity contribution in [2.75, 3.05) is 19.0 Å². The van der Waals surface area contributed by atoms with E-state index in [9.17, 15) is 19.7 Å². The Balaban J connectivity index is 1.60. The molecule has 3 aromatic rings. The molecule has 3 rings (SSSR count). The van der Waals surface area contributed by atoms with E-state index in [0.29, 0.717) is 10.8 Å². The van der Waals surface area contributed by atoms with Crippen LogP contribution in [-0.2, 0) is 9.53 Å². The second-order valence-corrected chi connectivity index (χ2v) is 7.10.